The fourth-order valence-electron chi connectivity index (χ4n) is 4.79. The first-order chi connectivity index (χ1) is 15.1. The Labute approximate surface area is 194 Å². The molecule has 2 N–H and O–H groups in total. The van der Waals surface area contributed by atoms with E-state index in [4.69, 9.17) is 0 Å². The van der Waals surface area contributed by atoms with E-state index in [2.05, 4.69) is 26.0 Å². The Bertz CT molecular complexity index is 721. The van der Waals surface area contributed by atoms with E-state index < -0.39 is 17.4 Å². The molecule has 0 bridgehead atoms. The highest BCUT2D eigenvalue weighted by atomic mass is 16.4. The molecule has 4 heteroatoms. The second kappa shape index (κ2) is 11.9. The molecule has 0 atom stereocenters. The van der Waals surface area contributed by atoms with E-state index in [1.807, 2.05) is 13.8 Å². The predicted octanol–water partition coefficient (Wildman–Crippen LogP) is 7.27. The minimum absolute atomic E-state index is 0.371. The highest BCUT2D eigenvalue weighted by Gasteiger charge is 2.49. The van der Waals surface area contributed by atoms with Crippen molar-refractivity contribution in [2.75, 3.05) is 0 Å². The molecule has 1 fully saturated rings. The Morgan fingerprint density at radius 2 is 1.28 bits per heavy atom. The first-order valence-electron chi connectivity index (χ1n) is 12.6. The summed E-state index contributed by atoms with van der Waals surface area (Å²) >= 11 is 0. The minimum atomic E-state index is -0.702. The van der Waals surface area contributed by atoms with Crippen LogP contribution in [0.25, 0.3) is 0 Å². The lowest BCUT2D eigenvalue weighted by atomic mass is 9.86. The second-order valence-corrected chi connectivity index (χ2v) is 10.8. The molecule has 1 saturated carbocycles. The highest BCUT2D eigenvalue weighted by Crippen LogP contribution is 2.50. The van der Waals surface area contributed by atoms with Crippen LogP contribution in [0.1, 0.15) is 113 Å². The Hall–Kier alpha value is -1.84. The SMILES string of the molecule is Cc1ccc(C)c(CCCCCCC2(C(=O)O)CC2)c1CCCCCCC(C)(C)C(=O)O. The number of aliphatic carboxylic acids is 2. The van der Waals surface area contributed by atoms with E-state index in [-0.39, 0.29) is 5.41 Å². The number of aryl methyl sites for hydroxylation is 2. The summed E-state index contributed by atoms with van der Waals surface area (Å²) in [6, 6.07) is 4.48. The topological polar surface area (TPSA) is 74.6 Å². The Balaban J connectivity index is 1.73. The van der Waals surface area contributed by atoms with Crippen LogP contribution >= 0.6 is 0 Å². The average molecular weight is 445 g/mol. The molecule has 1 aromatic rings. The Morgan fingerprint density at radius 1 is 0.812 bits per heavy atom. The molecule has 1 aliphatic rings. The molecule has 0 aliphatic heterocycles. The lowest BCUT2D eigenvalue weighted by molar-refractivity contribution is -0.147. The molecule has 4 nitrogen and oxygen atoms in total. The van der Waals surface area contributed by atoms with Crippen molar-refractivity contribution < 1.29 is 19.8 Å². The predicted molar refractivity (Wildman–Crippen MR) is 130 cm³/mol. The van der Waals surface area contributed by atoms with Gasteiger partial charge in [0.1, 0.15) is 0 Å². The summed E-state index contributed by atoms with van der Waals surface area (Å²) in [7, 11) is 0. The zero-order chi connectivity index (χ0) is 23.8. The molecule has 0 amide bonds. The number of carboxylic acids is 2. The van der Waals surface area contributed by atoms with Crippen LogP contribution in [0.2, 0.25) is 0 Å². The fourth-order valence-corrected chi connectivity index (χ4v) is 4.79. The van der Waals surface area contributed by atoms with E-state index in [1.54, 1.807) is 0 Å². The van der Waals surface area contributed by atoms with E-state index >= 15 is 0 Å². The van der Waals surface area contributed by atoms with Gasteiger partial charge in [-0.2, -0.15) is 0 Å². The van der Waals surface area contributed by atoms with E-state index in [0.29, 0.717) is 0 Å². The fraction of sp³-hybridized carbons (Fsp3) is 0.714. The third kappa shape index (κ3) is 7.64. The van der Waals surface area contributed by atoms with Gasteiger partial charge in [-0.25, -0.2) is 0 Å². The third-order valence-corrected chi connectivity index (χ3v) is 7.60. The maximum Gasteiger partial charge on any atom is 0.309 e. The van der Waals surface area contributed by atoms with Crippen molar-refractivity contribution in [1.29, 1.82) is 0 Å². The molecule has 1 aliphatic carbocycles. The monoisotopic (exact) mass is 444 g/mol. The zero-order valence-corrected chi connectivity index (χ0v) is 20.8. The number of unbranched alkanes of at least 4 members (excludes halogenated alkanes) is 6. The molecule has 0 unspecified atom stereocenters. The number of benzene rings is 1. The summed E-state index contributed by atoms with van der Waals surface area (Å²) in [6.07, 6.45) is 14.4. The van der Waals surface area contributed by atoms with Crippen LogP contribution in [-0.2, 0) is 22.4 Å². The average Bonchev–Trinajstić information content (AvgIpc) is 3.52. The molecule has 180 valence electrons. The summed E-state index contributed by atoms with van der Waals surface area (Å²) in [5.41, 5.74) is 4.81. The molecular formula is C28H44O4. The van der Waals surface area contributed by atoms with Gasteiger partial charge in [0.25, 0.3) is 0 Å². The summed E-state index contributed by atoms with van der Waals surface area (Å²) in [5, 5.41) is 18.5. The van der Waals surface area contributed by atoms with Crippen LogP contribution in [0.4, 0.5) is 0 Å². The van der Waals surface area contributed by atoms with Crippen molar-refractivity contribution in [2.45, 2.75) is 118 Å². The first-order valence-corrected chi connectivity index (χ1v) is 12.6. The Morgan fingerprint density at radius 3 is 1.72 bits per heavy atom. The molecule has 0 aromatic heterocycles. The summed E-state index contributed by atoms with van der Waals surface area (Å²) in [4.78, 5) is 22.5. The largest absolute Gasteiger partial charge is 0.481 e. The molecule has 2 rings (SSSR count). The van der Waals surface area contributed by atoms with Gasteiger partial charge in [0.05, 0.1) is 10.8 Å². The number of rotatable bonds is 16. The van der Waals surface area contributed by atoms with Crippen molar-refractivity contribution in [3.8, 4) is 0 Å². The van der Waals surface area contributed by atoms with E-state index in [1.165, 1.54) is 35.1 Å². The van der Waals surface area contributed by atoms with E-state index in [9.17, 15) is 19.8 Å². The molecule has 0 heterocycles. The number of hydrogen-bond acceptors (Lipinski definition) is 2. The van der Waals surface area contributed by atoms with Gasteiger partial charge in [-0.3, -0.25) is 9.59 Å². The molecule has 0 saturated heterocycles. The zero-order valence-electron chi connectivity index (χ0n) is 20.8. The molecule has 0 spiro atoms. The lowest BCUT2D eigenvalue weighted by Crippen LogP contribution is -2.23. The first kappa shape index (κ1) is 26.4. The normalized spacial score (nSPS) is 15.0. The van der Waals surface area contributed by atoms with Crippen molar-refractivity contribution in [1.82, 2.24) is 0 Å². The highest BCUT2D eigenvalue weighted by molar-refractivity contribution is 5.77. The van der Waals surface area contributed by atoms with Crippen LogP contribution in [0.5, 0.6) is 0 Å². The van der Waals surface area contributed by atoms with Crippen LogP contribution < -0.4 is 0 Å². The maximum absolute atomic E-state index is 11.3. The summed E-state index contributed by atoms with van der Waals surface area (Å²) in [6.45, 7) is 8.06. The second-order valence-electron chi connectivity index (χ2n) is 10.8. The lowest BCUT2D eigenvalue weighted by Gasteiger charge is -2.18. The standard InChI is InChI=1S/C28H44O4/c1-21-15-16-22(2)24(14-10-6-8-12-18-28(19-20-28)26(31)32)23(21)13-9-5-7-11-17-27(3,4)25(29)30/h15-16H,5-14,17-20H2,1-4H3,(H,29,30)(H,31,32). The smallest absolute Gasteiger partial charge is 0.309 e. The van der Waals surface area contributed by atoms with Gasteiger partial charge in [0, 0.05) is 0 Å². The maximum atomic E-state index is 11.3. The number of carboxylic acid groups (broad SMARTS) is 2. The summed E-state index contributed by atoms with van der Waals surface area (Å²) < 4.78 is 0. The van der Waals surface area contributed by atoms with E-state index in [0.717, 1.165) is 77.0 Å². The van der Waals surface area contributed by atoms with Crippen LogP contribution in [0.15, 0.2) is 12.1 Å². The van der Waals surface area contributed by atoms with Crippen molar-refractivity contribution >= 4 is 11.9 Å². The number of hydrogen-bond donors (Lipinski definition) is 2. The molecule has 32 heavy (non-hydrogen) atoms. The van der Waals surface area contributed by atoms with Gasteiger partial charge < -0.3 is 10.2 Å². The van der Waals surface area contributed by atoms with Gasteiger partial charge in [-0.1, -0.05) is 50.7 Å². The van der Waals surface area contributed by atoms with Gasteiger partial charge in [-0.15, -0.1) is 0 Å². The molecule has 1 aromatic carbocycles. The van der Waals surface area contributed by atoms with Crippen molar-refractivity contribution in [3.63, 3.8) is 0 Å². The summed E-state index contributed by atoms with van der Waals surface area (Å²) in [5.74, 6) is -1.30. The van der Waals surface area contributed by atoms with Gasteiger partial charge in [0.2, 0.25) is 0 Å². The van der Waals surface area contributed by atoms with Gasteiger partial charge >= 0.3 is 11.9 Å². The van der Waals surface area contributed by atoms with Crippen LogP contribution in [0, 0.1) is 24.7 Å². The van der Waals surface area contributed by atoms with Gasteiger partial charge in [0.15, 0.2) is 0 Å². The van der Waals surface area contributed by atoms with Gasteiger partial charge in [-0.05, 0) is 101 Å². The van der Waals surface area contributed by atoms with Crippen LogP contribution in [-0.4, -0.2) is 22.2 Å². The quantitative estimate of drug-likeness (QED) is 0.263. The molecular weight excluding hydrogens is 400 g/mol. The van der Waals surface area contributed by atoms with Crippen molar-refractivity contribution in [3.05, 3.63) is 34.4 Å². The Kier molecular flexibility index (Phi) is 9.79. The van der Waals surface area contributed by atoms with Crippen LogP contribution in [0.3, 0.4) is 0 Å². The third-order valence-electron chi connectivity index (χ3n) is 7.60. The minimum Gasteiger partial charge on any atom is -0.481 e. The molecule has 0 radical (unpaired) electrons. The number of carbonyl (C=O) groups is 2. The van der Waals surface area contributed by atoms with Crippen molar-refractivity contribution in [2.24, 2.45) is 10.8 Å².